The standard InChI is InChI=1S/C14H19ClO2/c1-4-10(7-14-9(2)17-14)12-8-11(15)5-6-13(12)16-3/h5-6,8-10,14H,4,7H2,1-3H3. The maximum Gasteiger partial charge on any atom is 0.122 e. The second-order valence-electron chi connectivity index (χ2n) is 4.61. The maximum absolute atomic E-state index is 6.07. The summed E-state index contributed by atoms with van der Waals surface area (Å²) in [4.78, 5) is 0. The van der Waals surface area contributed by atoms with Gasteiger partial charge in [-0.1, -0.05) is 18.5 Å². The molecule has 1 aromatic rings. The molecule has 0 bridgehead atoms. The van der Waals surface area contributed by atoms with Crippen LogP contribution in [0, 0.1) is 0 Å². The third-order valence-electron chi connectivity index (χ3n) is 3.48. The van der Waals surface area contributed by atoms with Crippen LogP contribution in [0.4, 0.5) is 0 Å². The Morgan fingerprint density at radius 3 is 2.71 bits per heavy atom. The second-order valence-corrected chi connectivity index (χ2v) is 5.04. The minimum atomic E-state index is 0.406. The number of halogens is 1. The van der Waals surface area contributed by atoms with Gasteiger partial charge >= 0.3 is 0 Å². The van der Waals surface area contributed by atoms with Crippen molar-refractivity contribution in [2.75, 3.05) is 7.11 Å². The first kappa shape index (κ1) is 12.7. The molecule has 1 aromatic carbocycles. The van der Waals surface area contributed by atoms with Crippen molar-refractivity contribution in [3.63, 3.8) is 0 Å². The molecule has 0 aliphatic carbocycles. The first-order valence-electron chi connectivity index (χ1n) is 6.14. The first-order chi connectivity index (χ1) is 8.15. The molecule has 3 heteroatoms. The average molecular weight is 255 g/mol. The molecule has 1 heterocycles. The molecule has 2 nitrogen and oxygen atoms in total. The fourth-order valence-corrected chi connectivity index (χ4v) is 2.48. The quantitative estimate of drug-likeness (QED) is 0.741. The van der Waals surface area contributed by atoms with Crippen molar-refractivity contribution >= 4 is 11.6 Å². The molecule has 0 aromatic heterocycles. The Balaban J connectivity index is 2.19. The highest BCUT2D eigenvalue weighted by Crippen LogP contribution is 2.38. The fraction of sp³-hybridized carbons (Fsp3) is 0.571. The van der Waals surface area contributed by atoms with Gasteiger partial charge in [0, 0.05) is 5.02 Å². The smallest absolute Gasteiger partial charge is 0.122 e. The van der Waals surface area contributed by atoms with Crippen LogP contribution in [0.5, 0.6) is 5.75 Å². The van der Waals surface area contributed by atoms with Crippen LogP contribution in [-0.4, -0.2) is 19.3 Å². The minimum absolute atomic E-state index is 0.406. The Labute approximate surface area is 108 Å². The van der Waals surface area contributed by atoms with E-state index in [0.717, 1.165) is 23.6 Å². The van der Waals surface area contributed by atoms with E-state index in [4.69, 9.17) is 21.1 Å². The summed E-state index contributed by atoms with van der Waals surface area (Å²) >= 11 is 6.07. The molecule has 94 valence electrons. The molecule has 3 atom stereocenters. The van der Waals surface area contributed by atoms with Crippen molar-refractivity contribution in [2.45, 2.75) is 44.8 Å². The highest BCUT2D eigenvalue weighted by atomic mass is 35.5. The highest BCUT2D eigenvalue weighted by molar-refractivity contribution is 6.30. The van der Waals surface area contributed by atoms with E-state index in [-0.39, 0.29) is 0 Å². The van der Waals surface area contributed by atoms with Crippen LogP contribution in [0.15, 0.2) is 18.2 Å². The van der Waals surface area contributed by atoms with Crippen molar-refractivity contribution in [2.24, 2.45) is 0 Å². The SMILES string of the molecule is CCC(CC1OC1C)c1cc(Cl)ccc1OC. The van der Waals surface area contributed by atoms with Gasteiger partial charge in [-0.05, 0) is 49.4 Å². The maximum atomic E-state index is 6.07. The molecule has 0 spiro atoms. The molecule has 0 radical (unpaired) electrons. The normalized spacial score (nSPS) is 24.5. The van der Waals surface area contributed by atoms with Gasteiger partial charge in [-0.2, -0.15) is 0 Å². The second kappa shape index (κ2) is 5.28. The van der Waals surface area contributed by atoms with Crippen LogP contribution >= 0.6 is 11.6 Å². The van der Waals surface area contributed by atoms with Gasteiger partial charge in [0.05, 0.1) is 19.3 Å². The summed E-state index contributed by atoms with van der Waals surface area (Å²) in [6.45, 7) is 4.31. The molecule has 17 heavy (non-hydrogen) atoms. The van der Waals surface area contributed by atoms with Crippen LogP contribution in [0.2, 0.25) is 5.02 Å². The summed E-state index contributed by atoms with van der Waals surface area (Å²) in [5.41, 5.74) is 1.20. The molecular formula is C14H19ClO2. The lowest BCUT2D eigenvalue weighted by molar-refractivity contribution is 0.353. The number of methoxy groups -OCH3 is 1. The predicted octanol–water partition coefficient (Wildman–Crippen LogP) is 4.02. The number of hydrogen-bond donors (Lipinski definition) is 0. The monoisotopic (exact) mass is 254 g/mol. The molecule has 0 N–H and O–H groups in total. The summed E-state index contributed by atoms with van der Waals surface area (Å²) in [5, 5.41) is 0.768. The summed E-state index contributed by atoms with van der Waals surface area (Å²) in [6, 6.07) is 5.83. The van der Waals surface area contributed by atoms with Gasteiger partial charge in [0.15, 0.2) is 0 Å². The van der Waals surface area contributed by atoms with E-state index in [1.165, 1.54) is 5.56 Å². The van der Waals surface area contributed by atoms with Crippen LogP contribution in [0.3, 0.4) is 0 Å². The van der Waals surface area contributed by atoms with Crippen molar-refractivity contribution in [3.05, 3.63) is 28.8 Å². The lowest BCUT2D eigenvalue weighted by atomic mass is 9.90. The lowest BCUT2D eigenvalue weighted by Crippen LogP contribution is -2.05. The largest absolute Gasteiger partial charge is 0.496 e. The molecule has 0 saturated carbocycles. The van der Waals surface area contributed by atoms with Crippen LogP contribution in [0.25, 0.3) is 0 Å². The predicted molar refractivity (Wildman–Crippen MR) is 70.0 cm³/mol. The summed E-state index contributed by atoms with van der Waals surface area (Å²) < 4.78 is 10.9. The van der Waals surface area contributed by atoms with E-state index in [0.29, 0.717) is 18.1 Å². The Kier molecular flexibility index (Phi) is 3.95. The number of epoxide rings is 1. The molecule has 1 aliphatic heterocycles. The summed E-state index contributed by atoms with van der Waals surface area (Å²) in [6.07, 6.45) is 2.94. The molecule has 1 saturated heterocycles. The molecule has 1 aliphatic rings. The van der Waals surface area contributed by atoms with Crippen molar-refractivity contribution in [3.8, 4) is 5.75 Å². The van der Waals surface area contributed by atoms with Gasteiger partial charge in [-0.15, -0.1) is 0 Å². The van der Waals surface area contributed by atoms with Gasteiger partial charge < -0.3 is 9.47 Å². The average Bonchev–Trinajstić information content (AvgIpc) is 3.02. The van der Waals surface area contributed by atoms with E-state index < -0.39 is 0 Å². The Morgan fingerprint density at radius 1 is 1.47 bits per heavy atom. The van der Waals surface area contributed by atoms with E-state index in [9.17, 15) is 0 Å². The lowest BCUT2D eigenvalue weighted by Gasteiger charge is -2.18. The first-order valence-corrected chi connectivity index (χ1v) is 6.52. The third kappa shape index (κ3) is 2.93. The van der Waals surface area contributed by atoms with E-state index in [1.807, 2.05) is 18.2 Å². The van der Waals surface area contributed by atoms with Crippen molar-refractivity contribution in [1.29, 1.82) is 0 Å². The highest BCUT2D eigenvalue weighted by Gasteiger charge is 2.36. The number of hydrogen-bond acceptors (Lipinski definition) is 2. The summed E-state index contributed by atoms with van der Waals surface area (Å²) in [5.74, 6) is 1.38. The number of ether oxygens (including phenoxy) is 2. The Hall–Kier alpha value is -0.730. The zero-order valence-electron chi connectivity index (χ0n) is 10.6. The molecule has 1 fully saturated rings. The Bertz CT molecular complexity index is 392. The summed E-state index contributed by atoms with van der Waals surface area (Å²) in [7, 11) is 1.70. The fourth-order valence-electron chi connectivity index (χ4n) is 2.30. The third-order valence-corrected chi connectivity index (χ3v) is 3.71. The van der Waals surface area contributed by atoms with Crippen LogP contribution in [-0.2, 0) is 4.74 Å². The van der Waals surface area contributed by atoms with Gasteiger partial charge in [-0.3, -0.25) is 0 Å². The number of rotatable bonds is 5. The zero-order valence-corrected chi connectivity index (χ0v) is 11.3. The number of benzene rings is 1. The van der Waals surface area contributed by atoms with Gasteiger partial charge in [-0.25, -0.2) is 0 Å². The van der Waals surface area contributed by atoms with Gasteiger partial charge in [0.25, 0.3) is 0 Å². The molecule has 0 amide bonds. The van der Waals surface area contributed by atoms with Crippen molar-refractivity contribution in [1.82, 2.24) is 0 Å². The van der Waals surface area contributed by atoms with Gasteiger partial charge in [0.2, 0.25) is 0 Å². The van der Waals surface area contributed by atoms with Crippen molar-refractivity contribution < 1.29 is 9.47 Å². The zero-order chi connectivity index (χ0) is 12.4. The molecule has 3 unspecified atom stereocenters. The van der Waals surface area contributed by atoms with Gasteiger partial charge in [0.1, 0.15) is 5.75 Å². The Morgan fingerprint density at radius 2 is 2.18 bits per heavy atom. The van der Waals surface area contributed by atoms with E-state index >= 15 is 0 Å². The van der Waals surface area contributed by atoms with E-state index in [2.05, 4.69) is 13.8 Å². The molecule has 2 rings (SSSR count). The topological polar surface area (TPSA) is 21.8 Å². The molecular weight excluding hydrogens is 236 g/mol. The minimum Gasteiger partial charge on any atom is -0.496 e. The van der Waals surface area contributed by atoms with Crippen LogP contribution in [0.1, 0.15) is 38.2 Å². The van der Waals surface area contributed by atoms with E-state index in [1.54, 1.807) is 7.11 Å². The van der Waals surface area contributed by atoms with Crippen LogP contribution < -0.4 is 4.74 Å².